The van der Waals surface area contributed by atoms with Gasteiger partial charge in [-0.05, 0) is 43.4 Å². The van der Waals surface area contributed by atoms with Crippen LogP contribution < -0.4 is 0 Å². The van der Waals surface area contributed by atoms with Gasteiger partial charge in [0.1, 0.15) is 0 Å². The van der Waals surface area contributed by atoms with Gasteiger partial charge in [0.05, 0.1) is 5.60 Å². The highest BCUT2D eigenvalue weighted by Crippen LogP contribution is 2.50. The minimum atomic E-state index is 0.0649. The second kappa shape index (κ2) is 2.85. The number of hydrogen-bond donors (Lipinski definition) is 0. The van der Waals surface area contributed by atoms with Crippen LogP contribution in [0.5, 0.6) is 0 Å². The van der Waals surface area contributed by atoms with Crippen LogP contribution in [0.1, 0.15) is 29.5 Å². The topological polar surface area (TPSA) is 9.23 Å². The first-order chi connectivity index (χ1) is 6.19. The number of benzene rings is 1. The molecular formula is C12H16O. The Kier molecular flexibility index (Phi) is 1.92. The van der Waals surface area contributed by atoms with Crippen LogP contribution in [0.4, 0.5) is 0 Å². The molecule has 1 nitrogen and oxygen atoms in total. The maximum atomic E-state index is 5.60. The minimum Gasteiger partial charge on any atom is -0.374 e. The molecule has 0 amide bonds. The molecule has 0 aromatic heterocycles. The summed E-state index contributed by atoms with van der Waals surface area (Å²) < 4.78 is 5.60. The standard InChI is InChI=1S/C12H16O/c1-9-5-4-6-10(2)11(9)12(13-3)7-8-12/h4-6H,7-8H2,1-3H3. The van der Waals surface area contributed by atoms with Gasteiger partial charge in [0.15, 0.2) is 0 Å². The largest absolute Gasteiger partial charge is 0.374 e. The summed E-state index contributed by atoms with van der Waals surface area (Å²) in [5.41, 5.74) is 4.20. The van der Waals surface area contributed by atoms with Crippen molar-refractivity contribution in [3.63, 3.8) is 0 Å². The Bertz CT molecular complexity index is 304. The van der Waals surface area contributed by atoms with Crippen LogP contribution in [-0.4, -0.2) is 7.11 Å². The maximum absolute atomic E-state index is 5.60. The highest BCUT2D eigenvalue weighted by atomic mass is 16.5. The van der Waals surface area contributed by atoms with Crippen molar-refractivity contribution in [2.75, 3.05) is 7.11 Å². The van der Waals surface area contributed by atoms with Crippen molar-refractivity contribution in [1.29, 1.82) is 0 Å². The van der Waals surface area contributed by atoms with Crippen LogP contribution in [0.2, 0.25) is 0 Å². The lowest BCUT2D eigenvalue weighted by molar-refractivity contribution is 0.0778. The Hall–Kier alpha value is -0.820. The molecule has 2 rings (SSSR count). The molecule has 0 unspecified atom stereocenters. The van der Waals surface area contributed by atoms with Gasteiger partial charge in [0.25, 0.3) is 0 Å². The Labute approximate surface area is 79.7 Å². The van der Waals surface area contributed by atoms with Gasteiger partial charge in [0.2, 0.25) is 0 Å². The number of methoxy groups -OCH3 is 1. The van der Waals surface area contributed by atoms with Gasteiger partial charge in [0, 0.05) is 7.11 Å². The molecule has 0 saturated heterocycles. The van der Waals surface area contributed by atoms with E-state index >= 15 is 0 Å². The van der Waals surface area contributed by atoms with Crippen LogP contribution in [-0.2, 0) is 10.3 Å². The molecule has 1 aliphatic carbocycles. The first-order valence-electron chi connectivity index (χ1n) is 4.81. The summed E-state index contributed by atoms with van der Waals surface area (Å²) in [6.07, 6.45) is 2.35. The Balaban J connectivity index is 2.50. The molecule has 1 aromatic carbocycles. The van der Waals surface area contributed by atoms with Crippen molar-refractivity contribution in [1.82, 2.24) is 0 Å². The van der Waals surface area contributed by atoms with Crippen molar-refractivity contribution >= 4 is 0 Å². The molecule has 0 spiro atoms. The number of rotatable bonds is 2. The fraction of sp³-hybridized carbons (Fsp3) is 0.500. The molecule has 0 heterocycles. The van der Waals surface area contributed by atoms with Crippen molar-refractivity contribution in [2.24, 2.45) is 0 Å². The molecule has 1 saturated carbocycles. The zero-order valence-corrected chi connectivity index (χ0v) is 8.55. The van der Waals surface area contributed by atoms with Crippen LogP contribution in [0, 0.1) is 13.8 Å². The monoisotopic (exact) mass is 176 g/mol. The van der Waals surface area contributed by atoms with E-state index in [9.17, 15) is 0 Å². The summed E-state index contributed by atoms with van der Waals surface area (Å²) in [5, 5.41) is 0. The fourth-order valence-corrected chi connectivity index (χ4v) is 2.20. The lowest BCUT2D eigenvalue weighted by Gasteiger charge is -2.18. The van der Waals surface area contributed by atoms with Gasteiger partial charge in [-0.25, -0.2) is 0 Å². The van der Waals surface area contributed by atoms with Gasteiger partial charge in [-0.15, -0.1) is 0 Å². The smallest absolute Gasteiger partial charge is 0.0935 e. The Morgan fingerprint density at radius 2 is 1.69 bits per heavy atom. The maximum Gasteiger partial charge on any atom is 0.0935 e. The number of ether oxygens (including phenoxy) is 1. The number of aryl methyl sites for hydroxylation is 2. The zero-order chi connectivity index (χ0) is 9.47. The van der Waals surface area contributed by atoms with E-state index in [1.807, 2.05) is 7.11 Å². The summed E-state index contributed by atoms with van der Waals surface area (Å²) in [7, 11) is 1.82. The van der Waals surface area contributed by atoms with Crippen molar-refractivity contribution in [2.45, 2.75) is 32.3 Å². The van der Waals surface area contributed by atoms with E-state index in [0.717, 1.165) is 0 Å². The molecule has 0 N–H and O–H groups in total. The average molecular weight is 176 g/mol. The summed E-state index contributed by atoms with van der Waals surface area (Å²) in [5.74, 6) is 0. The van der Waals surface area contributed by atoms with E-state index in [1.165, 1.54) is 29.5 Å². The summed E-state index contributed by atoms with van der Waals surface area (Å²) in [4.78, 5) is 0. The molecule has 0 radical (unpaired) electrons. The second-order valence-corrected chi connectivity index (χ2v) is 3.97. The van der Waals surface area contributed by atoms with Gasteiger partial charge < -0.3 is 4.74 Å². The first-order valence-corrected chi connectivity index (χ1v) is 4.81. The second-order valence-electron chi connectivity index (χ2n) is 3.97. The molecule has 1 heteroatoms. The third-order valence-corrected chi connectivity index (χ3v) is 3.03. The molecule has 0 atom stereocenters. The van der Waals surface area contributed by atoms with E-state index in [0.29, 0.717) is 0 Å². The fourth-order valence-electron chi connectivity index (χ4n) is 2.20. The van der Waals surface area contributed by atoms with E-state index in [1.54, 1.807) is 0 Å². The lowest BCUT2D eigenvalue weighted by atomic mass is 9.96. The van der Waals surface area contributed by atoms with E-state index in [-0.39, 0.29) is 5.60 Å². The van der Waals surface area contributed by atoms with Gasteiger partial charge >= 0.3 is 0 Å². The van der Waals surface area contributed by atoms with Crippen molar-refractivity contribution in [3.05, 3.63) is 34.9 Å². The highest BCUT2D eigenvalue weighted by Gasteiger charge is 2.46. The van der Waals surface area contributed by atoms with E-state index in [2.05, 4.69) is 32.0 Å². The molecule has 0 bridgehead atoms. The molecule has 1 fully saturated rings. The molecule has 13 heavy (non-hydrogen) atoms. The third-order valence-electron chi connectivity index (χ3n) is 3.03. The van der Waals surface area contributed by atoms with Crippen LogP contribution in [0.15, 0.2) is 18.2 Å². The predicted octanol–water partition coefficient (Wildman–Crippen LogP) is 2.94. The van der Waals surface area contributed by atoms with Gasteiger partial charge in [-0.1, -0.05) is 18.2 Å². The van der Waals surface area contributed by atoms with Crippen molar-refractivity contribution < 1.29 is 4.74 Å². The van der Waals surface area contributed by atoms with E-state index in [4.69, 9.17) is 4.74 Å². The van der Waals surface area contributed by atoms with Crippen LogP contribution >= 0.6 is 0 Å². The van der Waals surface area contributed by atoms with E-state index < -0.39 is 0 Å². The highest BCUT2D eigenvalue weighted by molar-refractivity contribution is 5.41. The van der Waals surface area contributed by atoms with Crippen LogP contribution in [0.25, 0.3) is 0 Å². The van der Waals surface area contributed by atoms with Crippen LogP contribution in [0.3, 0.4) is 0 Å². The minimum absolute atomic E-state index is 0.0649. The molecular weight excluding hydrogens is 160 g/mol. The molecule has 0 aliphatic heterocycles. The Morgan fingerprint density at radius 1 is 1.15 bits per heavy atom. The van der Waals surface area contributed by atoms with Gasteiger partial charge in [-0.3, -0.25) is 0 Å². The Morgan fingerprint density at radius 3 is 2.08 bits per heavy atom. The normalized spacial score (nSPS) is 18.7. The third kappa shape index (κ3) is 1.28. The SMILES string of the molecule is COC1(c2c(C)cccc2C)CC1. The summed E-state index contributed by atoms with van der Waals surface area (Å²) in [6, 6.07) is 6.45. The zero-order valence-electron chi connectivity index (χ0n) is 8.55. The lowest BCUT2D eigenvalue weighted by Crippen LogP contribution is -2.12. The average Bonchev–Trinajstić information content (AvgIpc) is 2.85. The van der Waals surface area contributed by atoms with Gasteiger partial charge in [-0.2, -0.15) is 0 Å². The molecule has 70 valence electrons. The molecule has 1 aromatic rings. The molecule has 1 aliphatic rings. The predicted molar refractivity (Wildman–Crippen MR) is 53.8 cm³/mol. The quantitative estimate of drug-likeness (QED) is 0.673. The first kappa shape index (κ1) is 8.76. The number of hydrogen-bond acceptors (Lipinski definition) is 1. The van der Waals surface area contributed by atoms with Crippen molar-refractivity contribution in [3.8, 4) is 0 Å². The summed E-state index contributed by atoms with van der Waals surface area (Å²) >= 11 is 0. The summed E-state index contributed by atoms with van der Waals surface area (Å²) in [6.45, 7) is 4.34.